The number of carbonyl (C=O) groups is 1. The van der Waals surface area contributed by atoms with Crippen molar-refractivity contribution in [1.82, 2.24) is 4.90 Å². The lowest BCUT2D eigenvalue weighted by molar-refractivity contribution is -0.116. The van der Waals surface area contributed by atoms with Crippen LogP contribution in [0.25, 0.3) is 0 Å². The van der Waals surface area contributed by atoms with Crippen LogP contribution in [0.5, 0.6) is 0 Å². The van der Waals surface area contributed by atoms with Gasteiger partial charge in [0.05, 0.1) is 6.04 Å². The number of hydrogen-bond acceptors (Lipinski definition) is 3. The number of benzene rings is 1. The molecule has 0 aromatic heterocycles. The van der Waals surface area contributed by atoms with Crippen molar-refractivity contribution in [2.45, 2.75) is 57.5 Å². The Kier molecular flexibility index (Phi) is 7.63. The molecular formula is C19H28ClN3OS. The van der Waals surface area contributed by atoms with E-state index in [-0.39, 0.29) is 24.4 Å². The van der Waals surface area contributed by atoms with Crippen LogP contribution in [0.4, 0.5) is 5.69 Å². The molecule has 1 atom stereocenters. The molecule has 1 aliphatic carbocycles. The van der Waals surface area contributed by atoms with Crippen LogP contribution in [0, 0.1) is 0 Å². The minimum atomic E-state index is 0. The van der Waals surface area contributed by atoms with E-state index in [1.54, 1.807) is 11.8 Å². The van der Waals surface area contributed by atoms with Crippen molar-refractivity contribution < 1.29 is 4.79 Å². The highest BCUT2D eigenvalue weighted by Crippen LogP contribution is 2.28. The highest BCUT2D eigenvalue weighted by molar-refractivity contribution is 8.14. The van der Waals surface area contributed by atoms with E-state index in [9.17, 15) is 4.79 Å². The van der Waals surface area contributed by atoms with Crippen LogP contribution < -0.4 is 5.32 Å². The number of amidine groups is 1. The monoisotopic (exact) mass is 381 g/mol. The third kappa shape index (κ3) is 5.38. The molecule has 6 heteroatoms. The Morgan fingerprint density at radius 1 is 1.28 bits per heavy atom. The maximum Gasteiger partial charge on any atom is 0.226 e. The van der Waals surface area contributed by atoms with Crippen LogP contribution in [0.15, 0.2) is 29.3 Å². The molecule has 25 heavy (non-hydrogen) atoms. The molecule has 1 saturated heterocycles. The lowest BCUT2D eigenvalue weighted by Crippen LogP contribution is -2.34. The van der Waals surface area contributed by atoms with E-state index in [1.165, 1.54) is 31.2 Å². The summed E-state index contributed by atoms with van der Waals surface area (Å²) < 4.78 is 0. The van der Waals surface area contributed by atoms with Crippen LogP contribution in [-0.4, -0.2) is 40.9 Å². The Morgan fingerprint density at radius 3 is 2.60 bits per heavy atom. The third-order valence-corrected chi connectivity index (χ3v) is 6.14. The maximum atomic E-state index is 12.3. The number of nitrogens with one attached hydrogen (secondary N) is 1. The predicted octanol–water partition coefficient (Wildman–Crippen LogP) is 4.35. The Balaban J connectivity index is 0.00000225. The zero-order chi connectivity index (χ0) is 16.9. The molecule has 1 unspecified atom stereocenters. The van der Waals surface area contributed by atoms with Crippen molar-refractivity contribution >= 4 is 40.9 Å². The molecule has 0 bridgehead atoms. The minimum absolute atomic E-state index is 0. The van der Waals surface area contributed by atoms with Gasteiger partial charge in [-0.05, 0) is 37.0 Å². The van der Waals surface area contributed by atoms with E-state index >= 15 is 0 Å². The topological polar surface area (TPSA) is 44.7 Å². The quantitative estimate of drug-likeness (QED) is 0.824. The normalized spacial score (nSPS) is 22.2. The van der Waals surface area contributed by atoms with Crippen LogP contribution in [0.3, 0.4) is 0 Å². The van der Waals surface area contributed by atoms with Crippen molar-refractivity contribution in [2.24, 2.45) is 4.99 Å². The highest BCUT2D eigenvalue weighted by Gasteiger charge is 2.30. The molecule has 2 aliphatic rings. The lowest BCUT2D eigenvalue weighted by Gasteiger charge is -2.21. The van der Waals surface area contributed by atoms with Gasteiger partial charge in [-0.15, -0.1) is 12.4 Å². The number of amides is 1. The van der Waals surface area contributed by atoms with Crippen molar-refractivity contribution in [3.05, 3.63) is 29.8 Å². The molecule has 138 valence electrons. The van der Waals surface area contributed by atoms with Gasteiger partial charge in [0, 0.05) is 31.0 Å². The molecule has 2 fully saturated rings. The first-order valence-electron chi connectivity index (χ1n) is 8.98. The third-order valence-electron chi connectivity index (χ3n) is 4.94. The van der Waals surface area contributed by atoms with E-state index in [2.05, 4.69) is 36.3 Å². The Morgan fingerprint density at radius 2 is 1.96 bits per heavy atom. The smallest absolute Gasteiger partial charge is 0.226 e. The number of aryl methyl sites for hydroxylation is 1. The van der Waals surface area contributed by atoms with Crippen molar-refractivity contribution in [2.75, 3.05) is 18.1 Å². The molecule has 0 spiro atoms. The van der Waals surface area contributed by atoms with Crippen molar-refractivity contribution in [1.29, 1.82) is 0 Å². The molecule has 1 N–H and O–H groups in total. The fourth-order valence-electron chi connectivity index (χ4n) is 3.30. The summed E-state index contributed by atoms with van der Waals surface area (Å²) in [5.41, 5.74) is 2.16. The highest BCUT2D eigenvalue weighted by atomic mass is 35.5. The number of carbonyl (C=O) groups excluding carboxylic acids is 1. The zero-order valence-electron chi connectivity index (χ0n) is 15.0. The molecule has 1 amide bonds. The van der Waals surface area contributed by atoms with Gasteiger partial charge in [0.25, 0.3) is 0 Å². The second kappa shape index (κ2) is 9.48. The zero-order valence-corrected chi connectivity index (χ0v) is 16.7. The molecule has 1 saturated carbocycles. The molecule has 1 heterocycles. The first kappa shape index (κ1) is 20.1. The van der Waals surface area contributed by atoms with Crippen LogP contribution >= 0.6 is 24.2 Å². The molecule has 1 aliphatic heterocycles. The summed E-state index contributed by atoms with van der Waals surface area (Å²) in [5, 5.41) is 4.13. The molecule has 1 aromatic rings. The van der Waals surface area contributed by atoms with Gasteiger partial charge >= 0.3 is 0 Å². The first-order chi connectivity index (χ1) is 11.7. The van der Waals surface area contributed by atoms with E-state index in [4.69, 9.17) is 4.99 Å². The number of halogens is 1. The number of rotatable bonds is 5. The van der Waals surface area contributed by atoms with E-state index in [0.29, 0.717) is 12.5 Å². The van der Waals surface area contributed by atoms with Crippen LogP contribution in [-0.2, 0) is 11.2 Å². The molecular weight excluding hydrogens is 354 g/mol. The number of anilines is 1. The number of hydrogen-bond donors (Lipinski definition) is 1. The second-order valence-corrected chi connectivity index (χ2v) is 7.72. The van der Waals surface area contributed by atoms with E-state index in [1.807, 2.05) is 12.1 Å². The number of thioether (sulfide) groups is 1. The second-order valence-electron chi connectivity index (χ2n) is 6.73. The van der Waals surface area contributed by atoms with Gasteiger partial charge in [-0.2, -0.15) is 0 Å². The standard InChI is InChI=1S/C19H27N3OS.ClH/c1-3-14-8-10-16(11-9-14)20-18(23)12-17-13-24-19(22(17)2)21-15-6-4-5-7-15;/h8-11,15,17H,3-7,12-13H2,1-2H3,(H,20,23);1H. The van der Waals surface area contributed by atoms with Crippen LogP contribution in [0.1, 0.15) is 44.6 Å². The summed E-state index contributed by atoms with van der Waals surface area (Å²) in [6, 6.07) is 8.84. The molecule has 4 nitrogen and oxygen atoms in total. The van der Waals surface area contributed by atoms with E-state index < -0.39 is 0 Å². The first-order valence-corrected chi connectivity index (χ1v) is 9.96. The van der Waals surface area contributed by atoms with Gasteiger partial charge in [-0.25, -0.2) is 0 Å². The summed E-state index contributed by atoms with van der Waals surface area (Å²) in [5.74, 6) is 1.03. The largest absolute Gasteiger partial charge is 0.350 e. The average molecular weight is 382 g/mol. The molecule has 3 rings (SSSR count). The Labute approximate surface area is 161 Å². The van der Waals surface area contributed by atoms with Crippen LogP contribution in [0.2, 0.25) is 0 Å². The van der Waals surface area contributed by atoms with Crippen molar-refractivity contribution in [3.63, 3.8) is 0 Å². The van der Waals surface area contributed by atoms with Gasteiger partial charge in [0.1, 0.15) is 0 Å². The summed E-state index contributed by atoms with van der Waals surface area (Å²) in [4.78, 5) is 19.4. The summed E-state index contributed by atoms with van der Waals surface area (Å²) in [6.07, 6.45) is 6.58. The SMILES string of the molecule is CCc1ccc(NC(=O)CC2CSC(=NC3CCCC3)N2C)cc1.Cl. The summed E-state index contributed by atoms with van der Waals surface area (Å²) in [7, 11) is 2.07. The van der Waals surface area contributed by atoms with E-state index in [0.717, 1.165) is 23.0 Å². The Hall–Kier alpha value is -1.20. The number of aliphatic imine (C=N–C) groups is 1. The summed E-state index contributed by atoms with van der Waals surface area (Å²) in [6.45, 7) is 2.13. The fourth-order valence-corrected chi connectivity index (χ4v) is 4.56. The van der Waals surface area contributed by atoms with Gasteiger partial charge in [-0.1, -0.05) is 43.7 Å². The van der Waals surface area contributed by atoms with Gasteiger partial charge in [0.2, 0.25) is 5.91 Å². The minimum Gasteiger partial charge on any atom is -0.350 e. The van der Waals surface area contributed by atoms with Gasteiger partial charge in [-0.3, -0.25) is 9.79 Å². The van der Waals surface area contributed by atoms with Gasteiger partial charge < -0.3 is 10.2 Å². The molecule has 1 aromatic carbocycles. The summed E-state index contributed by atoms with van der Waals surface area (Å²) >= 11 is 1.79. The van der Waals surface area contributed by atoms with Gasteiger partial charge in [0.15, 0.2) is 5.17 Å². The average Bonchev–Trinajstić information content (AvgIpc) is 3.21. The predicted molar refractivity (Wildman–Crippen MR) is 110 cm³/mol. The lowest BCUT2D eigenvalue weighted by atomic mass is 10.1. The van der Waals surface area contributed by atoms with Crippen molar-refractivity contribution in [3.8, 4) is 0 Å². The Bertz CT molecular complexity index is 599. The number of nitrogens with zero attached hydrogens (tertiary/aromatic N) is 2. The maximum absolute atomic E-state index is 12.3. The fraction of sp³-hybridized carbons (Fsp3) is 0.579. The molecule has 0 radical (unpaired) electrons.